The number of nitrogens with one attached hydrogen (secondary N) is 1. The van der Waals surface area contributed by atoms with Gasteiger partial charge in [0.2, 0.25) is 10.0 Å². The van der Waals surface area contributed by atoms with E-state index in [4.69, 9.17) is 0 Å². The topological polar surface area (TPSA) is 53.2 Å². The Labute approximate surface area is 168 Å². The summed E-state index contributed by atoms with van der Waals surface area (Å²) < 4.78 is 29.7. The lowest BCUT2D eigenvalue weighted by Crippen LogP contribution is -2.40. The van der Waals surface area contributed by atoms with Crippen LogP contribution < -0.4 is 0 Å². The summed E-state index contributed by atoms with van der Waals surface area (Å²) in [6.45, 7) is 4.55. The molecule has 1 aliphatic rings. The third kappa shape index (κ3) is 3.04. The number of para-hydroxylation sites is 1. The minimum absolute atomic E-state index is 0.167. The Bertz CT molecular complexity index is 1100. The van der Waals surface area contributed by atoms with Crippen molar-refractivity contribution >= 4 is 36.9 Å². The van der Waals surface area contributed by atoms with Gasteiger partial charge in [0.25, 0.3) is 0 Å². The zero-order chi connectivity index (χ0) is 19.2. The Morgan fingerprint density at radius 3 is 2.70 bits per heavy atom. The summed E-state index contributed by atoms with van der Waals surface area (Å²) in [7, 11) is -3.57. The molecule has 1 unspecified atom stereocenters. The highest BCUT2D eigenvalue weighted by Crippen LogP contribution is 2.39. The number of aromatic nitrogens is 1. The van der Waals surface area contributed by atoms with Gasteiger partial charge in [-0.1, -0.05) is 48.0 Å². The number of hydrogen-bond acceptors (Lipinski definition) is 2. The quantitative estimate of drug-likeness (QED) is 0.599. The van der Waals surface area contributed by atoms with Gasteiger partial charge in [-0.05, 0) is 54.7 Å². The molecule has 2 aromatic carbocycles. The molecule has 4 nitrogen and oxygen atoms in total. The molecule has 0 bridgehead atoms. The number of halogens is 1. The van der Waals surface area contributed by atoms with Gasteiger partial charge in [-0.25, -0.2) is 8.42 Å². The van der Waals surface area contributed by atoms with E-state index in [9.17, 15) is 8.42 Å². The second-order valence-corrected chi connectivity index (χ2v) is 9.73. The molecule has 0 radical (unpaired) electrons. The van der Waals surface area contributed by atoms with Gasteiger partial charge >= 0.3 is 0 Å². The summed E-state index contributed by atoms with van der Waals surface area (Å²) in [4.78, 5) is 3.92. The van der Waals surface area contributed by atoms with E-state index in [-0.39, 0.29) is 6.04 Å². The minimum atomic E-state index is -3.57. The van der Waals surface area contributed by atoms with Crippen molar-refractivity contribution in [3.63, 3.8) is 0 Å². The van der Waals surface area contributed by atoms with Gasteiger partial charge in [-0.3, -0.25) is 0 Å². The number of rotatable bonds is 4. The second kappa shape index (κ2) is 7.08. The van der Waals surface area contributed by atoms with Gasteiger partial charge in [-0.15, -0.1) is 0 Å². The monoisotopic (exact) mass is 446 g/mol. The Hall–Kier alpha value is -1.63. The summed E-state index contributed by atoms with van der Waals surface area (Å²) >= 11 is 3.45. The highest BCUT2D eigenvalue weighted by molar-refractivity contribution is 9.10. The van der Waals surface area contributed by atoms with E-state index in [2.05, 4.69) is 40.0 Å². The van der Waals surface area contributed by atoms with Gasteiger partial charge in [0.15, 0.2) is 0 Å². The molecule has 0 aliphatic carbocycles. The van der Waals surface area contributed by atoms with E-state index >= 15 is 0 Å². The molecule has 3 aromatic rings. The van der Waals surface area contributed by atoms with E-state index in [0.29, 0.717) is 17.9 Å². The molecule has 27 heavy (non-hydrogen) atoms. The molecule has 4 rings (SSSR count). The Kier molecular flexibility index (Phi) is 4.91. The Balaban J connectivity index is 1.82. The first-order valence-corrected chi connectivity index (χ1v) is 11.6. The van der Waals surface area contributed by atoms with Crippen LogP contribution in [0.4, 0.5) is 0 Å². The lowest BCUT2D eigenvalue weighted by Gasteiger charge is -2.34. The molecule has 1 N–H and O–H groups in total. The van der Waals surface area contributed by atoms with Crippen molar-refractivity contribution < 1.29 is 8.42 Å². The van der Waals surface area contributed by atoms with Crippen LogP contribution >= 0.6 is 15.9 Å². The van der Waals surface area contributed by atoms with Crippen LogP contribution in [-0.2, 0) is 22.9 Å². The van der Waals surface area contributed by atoms with Crippen LogP contribution in [0.2, 0.25) is 0 Å². The van der Waals surface area contributed by atoms with Crippen LogP contribution in [0.5, 0.6) is 0 Å². The van der Waals surface area contributed by atoms with Crippen LogP contribution in [0.3, 0.4) is 0 Å². The van der Waals surface area contributed by atoms with Crippen molar-refractivity contribution in [3.05, 3.63) is 63.8 Å². The van der Waals surface area contributed by atoms with Crippen molar-refractivity contribution in [3.8, 4) is 0 Å². The molecule has 1 aliphatic heterocycles. The predicted octanol–water partition coefficient (Wildman–Crippen LogP) is 5.19. The molecule has 1 aromatic heterocycles. The number of benzene rings is 2. The summed E-state index contributed by atoms with van der Waals surface area (Å²) in [5, 5.41) is 1.21. The fraction of sp³-hybridized carbons (Fsp3) is 0.333. The lowest BCUT2D eigenvalue weighted by molar-refractivity contribution is 0.296. The number of nitrogens with zero attached hydrogens (tertiary/aromatic N) is 1. The largest absolute Gasteiger partial charge is 0.357 e. The Morgan fingerprint density at radius 1 is 1.19 bits per heavy atom. The third-order valence-corrected chi connectivity index (χ3v) is 7.99. The second-order valence-electron chi connectivity index (χ2n) is 6.96. The molecule has 0 fully saturated rings. The van der Waals surface area contributed by atoms with Crippen molar-refractivity contribution in [1.29, 1.82) is 0 Å². The normalized spacial score (nSPS) is 18.0. The predicted molar refractivity (Wildman–Crippen MR) is 112 cm³/mol. The molecular formula is C21H23BrN2O2S. The summed E-state index contributed by atoms with van der Waals surface area (Å²) in [5.74, 6) is 0. The molecule has 0 saturated carbocycles. The lowest BCUT2D eigenvalue weighted by atomic mass is 9.98. The maximum atomic E-state index is 13.6. The van der Waals surface area contributed by atoms with Crippen LogP contribution in [0, 0.1) is 0 Å². The average Bonchev–Trinajstić information content (AvgIpc) is 3.05. The first kappa shape index (κ1) is 18.7. The van der Waals surface area contributed by atoms with Gasteiger partial charge in [0.1, 0.15) is 0 Å². The summed E-state index contributed by atoms with van der Waals surface area (Å²) in [6.07, 6.45) is 2.14. The zero-order valence-corrected chi connectivity index (χ0v) is 17.9. The smallest absolute Gasteiger partial charge is 0.243 e. The first-order chi connectivity index (χ1) is 13.0. The van der Waals surface area contributed by atoms with Crippen LogP contribution in [0.25, 0.3) is 10.9 Å². The molecule has 2 heterocycles. The maximum Gasteiger partial charge on any atom is 0.243 e. The van der Waals surface area contributed by atoms with Crippen molar-refractivity contribution in [2.24, 2.45) is 0 Å². The standard InChI is InChI=1S/C21H23BrN2O2S/c1-3-14-13-15(22)9-10-20(14)27(25,26)24-12-11-17-16-7-5-6-8-18(16)23-21(17)19(24)4-2/h5-10,13,19,23H,3-4,11-12H2,1-2H3. The van der Waals surface area contributed by atoms with Gasteiger partial charge in [-0.2, -0.15) is 4.31 Å². The number of aryl methyl sites for hydroxylation is 1. The number of fused-ring (bicyclic) bond motifs is 3. The van der Waals surface area contributed by atoms with E-state index in [1.807, 2.05) is 31.2 Å². The fourth-order valence-corrected chi connectivity index (χ4v) is 6.55. The fourth-order valence-electron chi connectivity index (χ4n) is 4.19. The van der Waals surface area contributed by atoms with E-state index in [1.165, 1.54) is 10.9 Å². The molecule has 0 spiro atoms. The van der Waals surface area contributed by atoms with E-state index in [1.54, 1.807) is 10.4 Å². The van der Waals surface area contributed by atoms with Crippen molar-refractivity contribution in [2.45, 2.75) is 44.0 Å². The minimum Gasteiger partial charge on any atom is -0.357 e. The maximum absolute atomic E-state index is 13.6. The van der Waals surface area contributed by atoms with Crippen LogP contribution in [0.1, 0.15) is 43.1 Å². The van der Waals surface area contributed by atoms with Crippen molar-refractivity contribution in [1.82, 2.24) is 9.29 Å². The molecule has 6 heteroatoms. The molecule has 0 amide bonds. The number of aromatic amines is 1. The third-order valence-electron chi connectivity index (χ3n) is 5.49. The molecule has 1 atom stereocenters. The SMILES string of the molecule is CCc1cc(Br)ccc1S(=O)(=O)N1CCc2c([nH]c3ccccc23)C1CC. The van der Waals surface area contributed by atoms with Gasteiger partial charge in [0, 0.05) is 27.6 Å². The zero-order valence-electron chi connectivity index (χ0n) is 15.5. The van der Waals surface area contributed by atoms with Crippen molar-refractivity contribution in [2.75, 3.05) is 6.54 Å². The van der Waals surface area contributed by atoms with Crippen LogP contribution in [0.15, 0.2) is 51.8 Å². The average molecular weight is 447 g/mol. The van der Waals surface area contributed by atoms with E-state index in [0.717, 1.165) is 34.1 Å². The highest BCUT2D eigenvalue weighted by atomic mass is 79.9. The number of H-pyrrole nitrogens is 1. The molecule has 142 valence electrons. The molecule has 0 saturated heterocycles. The number of sulfonamides is 1. The highest BCUT2D eigenvalue weighted by Gasteiger charge is 2.38. The van der Waals surface area contributed by atoms with E-state index < -0.39 is 10.0 Å². The Morgan fingerprint density at radius 2 is 1.96 bits per heavy atom. The summed E-state index contributed by atoms with van der Waals surface area (Å²) in [6, 6.07) is 13.5. The van der Waals surface area contributed by atoms with Crippen LogP contribution in [-0.4, -0.2) is 24.3 Å². The van der Waals surface area contributed by atoms with Gasteiger partial charge < -0.3 is 4.98 Å². The summed E-state index contributed by atoms with van der Waals surface area (Å²) in [5.41, 5.74) is 4.24. The molecular weight excluding hydrogens is 424 g/mol. The number of hydrogen-bond donors (Lipinski definition) is 1. The first-order valence-electron chi connectivity index (χ1n) is 9.37. The van der Waals surface area contributed by atoms with Gasteiger partial charge in [0.05, 0.1) is 10.9 Å².